The standard InChI is InChI=1S/C33H45N3O7/c1-6-8-11-26(38)34-20-23(5)42-32(41)27-25-14-15-33(43-25)28(27)30(39)36(17-9-10-18-37)29(33)31(40)35(16-7-2)24-19-21(3)12-13-22(24)4/h6-7,12-13,19,23,25,27-29,37H,1-2,8-11,14-18,20H2,3-5H3,(H,34,38)/t23-,25+,27-,28-,29+,33-/m1/s1. The number of unbranched alkanes of at least 4 members (excludes halogenated alkanes) is 1. The first-order chi connectivity index (χ1) is 20.6. The highest BCUT2D eigenvalue weighted by molar-refractivity contribution is 6.05. The summed E-state index contributed by atoms with van der Waals surface area (Å²) in [6.07, 6.45) is 4.98. The van der Waals surface area contributed by atoms with Crippen LogP contribution in [0.5, 0.6) is 0 Å². The first-order valence-corrected chi connectivity index (χ1v) is 15.3. The van der Waals surface area contributed by atoms with Crippen molar-refractivity contribution in [3.05, 3.63) is 54.6 Å². The van der Waals surface area contributed by atoms with Gasteiger partial charge in [0.1, 0.15) is 17.7 Å². The number of aliphatic hydroxyl groups is 1. The summed E-state index contributed by atoms with van der Waals surface area (Å²) in [7, 11) is 0. The molecular formula is C33H45N3O7. The topological polar surface area (TPSA) is 125 Å². The Morgan fingerprint density at radius 1 is 1.26 bits per heavy atom. The summed E-state index contributed by atoms with van der Waals surface area (Å²) in [5, 5.41) is 12.2. The molecule has 3 fully saturated rings. The summed E-state index contributed by atoms with van der Waals surface area (Å²) >= 11 is 0. The molecule has 1 spiro atoms. The molecule has 0 aliphatic carbocycles. The fourth-order valence-corrected chi connectivity index (χ4v) is 6.83. The van der Waals surface area contributed by atoms with Gasteiger partial charge in [-0.25, -0.2) is 0 Å². The SMILES string of the molecule is C=CCCC(=O)NC[C@@H](C)OC(=O)[C@@H]1[C@@H]2CC[C@]3(O2)[C@H](C(=O)N(CC=C)c2cc(C)ccc2C)N(CCCCO)C(=O)[C@@H]13. The van der Waals surface area contributed by atoms with Crippen molar-refractivity contribution in [1.82, 2.24) is 10.2 Å². The minimum atomic E-state index is -1.17. The summed E-state index contributed by atoms with van der Waals surface area (Å²) in [6, 6.07) is 4.95. The van der Waals surface area contributed by atoms with Crippen LogP contribution in [0, 0.1) is 25.7 Å². The number of hydrogen-bond acceptors (Lipinski definition) is 7. The second kappa shape index (κ2) is 13.9. The highest BCUT2D eigenvalue weighted by Crippen LogP contribution is 2.59. The van der Waals surface area contributed by atoms with E-state index in [2.05, 4.69) is 18.5 Å². The summed E-state index contributed by atoms with van der Waals surface area (Å²) in [5.41, 5.74) is 1.48. The lowest BCUT2D eigenvalue weighted by atomic mass is 9.70. The molecule has 3 amide bonds. The van der Waals surface area contributed by atoms with Gasteiger partial charge in [0.2, 0.25) is 11.8 Å². The van der Waals surface area contributed by atoms with Gasteiger partial charge in [-0.05, 0) is 70.1 Å². The number of fused-ring (bicyclic) bond motifs is 1. The molecule has 3 saturated heterocycles. The Hall–Kier alpha value is -3.50. The number of nitrogens with one attached hydrogen (secondary N) is 1. The van der Waals surface area contributed by atoms with E-state index in [0.29, 0.717) is 38.5 Å². The number of carbonyl (C=O) groups excluding carboxylic acids is 4. The van der Waals surface area contributed by atoms with Crippen LogP contribution in [0.25, 0.3) is 0 Å². The molecule has 10 nitrogen and oxygen atoms in total. The first kappa shape index (κ1) is 32.4. The lowest BCUT2D eigenvalue weighted by molar-refractivity contribution is -0.159. The number of allylic oxidation sites excluding steroid dienone is 1. The third kappa shape index (κ3) is 6.40. The first-order valence-electron chi connectivity index (χ1n) is 15.3. The van der Waals surface area contributed by atoms with Crippen LogP contribution in [0.1, 0.15) is 56.6 Å². The van der Waals surface area contributed by atoms with Crippen LogP contribution in [0.2, 0.25) is 0 Å². The van der Waals surface area contributed by atoms with Gasteiger partial charge in [0.05, 0.1) is 24.5 Å². The molecule has 0 saturated carbocycles. The van der Waals surface area contributed by atoms with Crippen LogP contribution < -0.4 is 10.2 Å². The number of esters is 1. The minimum absolute atomic E-state index is 0.0319. The van der Waals surface area contributed by atoms with Crippen molar-refractivity contribution in [3.63, 3.8) is 0 Å². The van der Waals surface area contributed by atoms with Crippen molar-refractivity contribution in [2.45, 2.75) is 83.1 Å². The Kier molecular flexibility index (Phi) is 10.4. The number of aliphatic hydroxyl groups excluding tert-OH is 1. The van der Waals surface area contributed by atoms with Gasteiger partial charge in [-0.15, -0.1) is 13.2 Å². The van der Waals surface area contributed by atoms with Gasteiger partial charge in [0, 0.05) is 31.8 Å². The number of rotatable bonds is 15. The quantitative estimate of drug-likeness (QED) is 0.181. The number of benzene rings is 1. The fourth-order valence-electron chi connectivity index (χ4n) is 6.83. The summed E-state index contributed by atoms with van der Waals surface area (Å²) in [6.45, 7) is 13.7. The summed E-state index contributed by atoms with van der Waals surface area (Å²) < 4.78 is 12.3. The zero-order chi connectivity index (χ0) is 31.3. The molecule has 0 unspecified atom stereocenters. The van der Waals surface area contributed by atoms with Gasteiger partial charge in [-0.1, -0.05) is 24.3 Å². The Labute approximate surface area is 254 Å². The van der Waals surface area contributed by atoms with Crippen LogP contribution in [-0.2, 0) is 28.7 Å². The van der Waals surface area contributed by atoms with Crippen molar-refractivity contribution in [3.8, 4) is 0 Å². The lowest BCUT2D eigenvalue weighted by Crippen LogP contribution is -2.56. The molecule has 0 radical (unpaired) electrons. The Balaban J connectivity index is 1.62. The fraction of sp³-hybridized carbons (Fsp3) is 0.576. The van der Waals surface area contributed by atoms with Crippen LogP contribution in [0.3, 0.4) is 0 Å². The van der Waals surface area contributed by atoms with E-state index in [4.69, 9.17) is 9.47 Å². The Morgan fingerprint density at radius 3 is 2.72 bits per heavy atom. The van der Waals surface area contributed by atoms with Crippen LogP contribution >= 0.6 is 0 Å². The molecule has 4 rings (SSSR count). The van der Waals surface area contributed by atoms with Gasteiger partial charge in [-0.2, -0.15) is 0 Å². The van der Waals surface area contributed by atoms with Gasteiger partial charge < -0.3 is 29.7 Å². The van der Waals surface area contributed by atoms with Crippen LogP contribution in [0.15, 0.2) is 43.5 Å². The number of likely N-dealkylation sites (tertiary alicyclic amines) is 1. The van der Waals surface area contributed by atoms with Gasteiger partial charge in [-0.3, -0.25) is 19.2 Å². The molecular weight excluding hydrogens is 550 g/mol. The summed E-state index contributed by atoms with van der Waals surface area (Å²) in [4.78, 5) is 57.6. The predicted molar refractivity (Wildman–Crippen MR) is 162 cm³/mol. The monoisotopic (exact) mass is 595 g/mol. The van der Waals surface area contributed by atoms with Crippen molar-refractivity contribution < 1.29 is 33.8 Å². The molecule has 1 aromatic carbocycles. The number of aryl methyl sites for hydroxylation is 2. The van der Waals surface area contributed by atoms with E-state index < -0.39 is 41.7 Å². The number of ether oxygens (including phenoxy) is 2. The van der Waals surface area contributed by atoms with Crippen molar-refractivity contribution >= 4 is 29.4 Å². The molecule has 234 valence electrons. The average molecular weight is 596 g/mol. The molecule has 0 aromatic heterocycles. The van der Waals surface area contributed by atoms with E-state index in [0.717, 1.165) is 16.8 Å². The maximum Gasteiger partial charge on any atom is 0.312 e. The van der Waals surface area contributed by atoms with Crippen LogP contribution in [-0.4, -0.2) is 83.8 Å². The minimum Gasteiger partial charge on any atom is -0.460 e. The molecule has 3 aliphatic rings. The van der Waals surface area contributed by atoms with Gasteiger partial charge in [0.25, 0.3) is 5.91 Å². The highest BCUT2D eigenvalue weighted by Gasteiger charge is 2.75. The number of hydrogen-bond donors (Lipinski definition) is 2. The molecule has 2 bridgehead atoms. The van der Waals surface area contributed by atoms with Crippen LogP contribution in [0.4, 0.5) is 5.69 Å². The zero-order valence-electron chi connectivity index (χ0n) is 25.5. The molecule has 6 atom stereocenters. The zero-order valence-corrected chi connectivity index (χ0v) is 25.5. The maximum atomic E-state index is 14.6. The second-order valence-corrected chi connectivity index (χ2v) is 11.9. The molecule has 10 heteroatoms. The normalized spacial score (nSPS) is 26.1. The van der Waals surface area contributed by atoms with Gasteiger partial charge in [0.15, 0.2) is 0 Å². The number of carbonyl (C=O) groups is 4. The molecule has 1 aromatic rings. The van der Waals surface area contributed by atoms with E-state index in [1.807, 2.05) is 32.0 Å². The molecule has 43 heavy (non-hydrogen) atoms. The third-order valence-electron chi connectivity index (χ3n) is 8.83. The highest BCUT2D eigenvalue weighted by atomic mass is 16.6. The van der Waals surface area contributed by atoms with Crippen molar-refractivity contribution in [2.24, 2.45) is 11.8 Å². The lowest BCUT2D eigenvalue weighted by Gasteiger charge is -2.37. The van der Waals surface area contributed by atoms with Gasteiger partial charge >= 0.3 is 5.97 Å². The average Bonchev–Trinajstić information content (AvgIpc) is 3.62. The Morgan fingerprint density at radius 2 is 2.02 bits per heavy atom. The maximum absolute atomic E-state index is 14.6. The van der Waals surface area contributed by atoms with E-state index in [1.54, 1.807) is 28.9 Å². The predicted octanol–water partition coefficient (Wildman–Crippen LogP) is 2.98. The molecule has 3 heterocycles. The Bertz CT molecular complexity index is 1250. The van der Waals surface area contributed by atoms with E-state index in [1.165, 1.54) is 0 Å². The third-order valence-corrected chi connectivity index (χ3v) is 8.83. The number of nitrogens with zero attached hydrogens (tertiary/aromatic N) is 2. The van der Waals surface area contributed by atoms with Crippen molar-refractivity contribution in [2.75, 3.05) is 31.1 Å². The molecule has 3 aliphatic heterocycles. The summed E-state index contributed by atoms with van der Waals surface area (Å²) in [5.74, 6) is -3.02. The molecule has 2 N–H and O–H groups in total. The van der Waals surface area contributed by atoms with Crippen molar-refractivity contribution in [1.29, 1.82) is 0 Å². The van der Waals surface area contributed by atoms with E-state index >= 15 is 0 Å². The smallest absolute Gasteiger partial charge is 0.312 e. The number of anilines is 1. The number of amides is 3. The largest absolute Gasteiger partial charge is 0.460 e. The second-order valence-electron chi connectivity index (χ2n) is 11.9. The van der Waals surface area contributed by atoms with E-state index in [9.17, 15) is 24.3 Å². The van der Waals surface area contributed by atoms with E-state index in [-0.39, 0.29) is 44.0 Å².